The minimum Gasteiger partial charge on any atom is -0.300 e. The maximum Gasteiger partial charge on any atom is 0.131 e. The summed E-state index contributed by atoms with van der Waals surface area (Å²) in [6.45, 7) is 7.85. The van der Waals surface area contributed by atoms with Gasteiger partial charge in [0.25, 0.3) is 0 Å². The lowest BCUT2D eigenvalue weighted by molar-refractivity contribution is -0.118. The highest BCUT2D eigenvalue weighted by atomic mass is 16.1. The minimum atomic E-state index is -0.220. The van der Waals surface area contributed by atoms with Crippen molar-refractivity contribution in [3.63, 3.8) is 0 Å². The summed E-state index contributed by atoms with van der Waals surface area (Å²) in [5, 5.41) is 9.04. The van der Waals surface area contributed by atoms with E-state index >= 15 is 0 Å². The summed E-state index contributed by atoms with van der Waals surface area (Å²) in [6, 6.07) is 2.80. The molecular formula is C16H28N2O. The molecule has 0 bridgehead atoms. The fourth-order valence-corrected chi connectivity index (χ4v) is 2.87. The molecule has 19 heavy (non-hydrogen) atoms. The molecule has 1 aliphatic heterocycles. The fourth-order valence-electron chi connectivity index (χ4n) is 2.87. The third kappa shape index (κ3) is 6.20. The van der Waals surface area contributed by atoms with Gasteiger partial charge in [-0.1, -0.05) is 12.8 Å². The first-order valence-electron chi connectivity index (χ1n) is 7.59. The Kier molecular flexibility index (Phi) is 6.51. The molecule has 0 spiro atoms. The lowest BCUT2D eigenvalue weighted by Crippen LogP contribution is -2.37. The zero-order valence-corrected chi connectivity index (χ0v) is 12.7. The quantitative estimate of drug-likeness (QED) is 0.737. The van der Waals surface area contributed by atoms with Crippen LogP contribution in [0.5, 0.6) is 0 Å². The van der Waals surface area contributed by atoms with E-state index in [4.69, 9.17) is 5.26 Å². The number of nitrogens with zero attached hydrogens (tertiary/aromatic N) is 2. The van der Waals surface area contributed by atoms with E-state index in [2.05, 4.69) is 11.0 Å². The molecule has 3 heteroatoms. The topological polar surface area (TPSA) is 44.1 Å². The zero-order chi connectivity index (χ0) is 14.3. The van der Waals surface area contributed by atoms with Gasteiger partial charge in [0.15, 0.2) is 0 Å². The first-order valence-corrected chi connectivity index (χ1v) is 7.59. The van der Waals surface area contributed by atoms with Gasteiger partial charge in [0.2, 0.25) is 0 Å². The van der Waals surface area contributed by atoms with Crippen LogP contribution in [0.25, 0.3) is 0 Å². The molecule has 108 valence electrons. The van der Waals surface area contributed by atoms with E-state index in [1.54, 1.807) is 6.92 Å². The molecule has 1 saturated heterocycles. The van der Waals surface area contributed by atoms with Crippen molar-refractivity contribution in [3.8, 4) is 6.07 Å². The maximum atomic E-state index is 11.4. The molecule has 0 amide bonds. The van der Waals surface area contributed by atoms with Gasteiger partial charge in [0, 0.05) is 12.5 Å². The predicted octanol–water partition coefficient (Wildman–Crippen LogP) is 3.54. The second-order valence-corrected chi connectivity index (χ2v) is 6.54. The van der Waals surface area contributed by atoms with Crippen LogP contribution in [0.3, 0.4) is 0 Å². The molecule has 3 nitrogen and oxygen atoms in total. The SMILES string of the molecule is CC(=O)CC1CCCCCN1CCCC(C)(C)C#N. The Hall–Kier alpha value is -0.880. The van der Waals surface area contributed by atoms with Crippen LogP contribution in [-0.2, 0) is 4.79 Å². The Bertz CT molecular complexity index is 330. The van der Waals surface area contributed by atoms with Gasteiger partial charge in [-0.3, -0.25) is 9.69 Å². The normalized spacial score (nSPS) is 21.7. The summed E-state index contributed by atoms with van der Waals surface area (Å²) in [5.41, 5.74) is -0.220. The monoisotopic (exact) mass is 264 g/mol. The highest BCUT2D eigenvalue weighted by Crippen LogP contribution is 2.24. The van der Waals surface area contributed by atoms with Gasteiger partial charge in [-0.05, 0) is 59.5 Å². The molecule has 1 heterocycles. The summed E-state index contributed by atoms with van der Waals surface area (Å²) in [5.74, 6) is 0.300. The molecule has 1 unspecified atom stereocenters. The fraction of sp³-hybridized carbons (Fsp3) is 0.875. The molecule has 0 saturated carbocycles. The van der Waals surface area contributed by atoms with Gasteiger partial charge in [-0.15, -0.1) is 0 Å². The van der Waals surface area contributed by atoms with E-state index in [0.29, 0.717) is 18.2 Å². The number of Topliss-reactive ketones (excluding diaryl/α,β-unsaturated/α-hetero) is 1. The van der Waals surface area contributed by atoms with Gasteiger partial charge < -0.3 is 0 Å². The van der Waals surface area contributed by atoms with E-state index in [0.717, 1.165) is 32.4 Å². The van der Waals surface area contributed by atoms with Crippen molar-refractivity contribution >= 4 is 5.78 Å². The molecule has 1 fully saturated rings. The lowest BCUT2D eigenvalue weighted by atomic mass is 9.89. The van der Waals surface area contributed by atoms with Gasteiger partial charge in [0.05, 0.1) is 11.5 Å². The Morgan fingerprint density at radius 1 is 1.37 bits per heavy atom. The zero-order valence-electron chi connectivity index (χ0n) is 12.7. The molecule has 1 aliphatic rings. The van der Waals surface area contributed by atoms with E-state index in [1.807, 2.05) is 13.8 Å². The standard InChI is InChI=1S/C16H28N2O/c1-14(19)12-15-8-5-4-6-10-18(15)11-7-9-16(2,3)13-17/h15H,4-12H2,1-3H3. The van der Waals surface area contributed by atoms with Crippen LogP contribution in [0.15, 0.2) is 0 Å². The van der Waals surface area contributed by atoms with Crippen LogP contribution in [0.2, 0.25) is 0 Å². The van der Waals surface area contributed by atoms with E-state index in [9.17, 15) is 4.79 Å². The van der Waals surface area contributed by atoms with Crippen molar-refractivity contribution in [2.45, 2.75) is 71.8 Å². The molecule has 1 rings (SSSR count). The number of rotatable bonds is 6. The molecular weight excluding hydrogens is 236 g/mol. The number of hydrogen-bond donors (Lipinski definition) is 0. The van der Waals surface area contributed by atoms with Gasteiger partial charge in [-0.2, -0.15) is 5.26 Å². The van der Waals surface area contributed by atoms with Crippen LogP contribution in [-0.4, -0.2) is 29.8 Å². The Labute approximate surface area is 118 Å². The van der Waals surface area contributed by atoms with Crippen molar-refractivity contribution in [1.29, 1.82) is 5.26 Å². The minimum absolute atomic E-state index is 0.220. The van der Waals surface area contributed by atoms with Gasteiger partial charge >= 0.3 is 0 Å². The summed E-state index contributed by atoms with van der Waals surface area (Å²) < 4.78 is 0. The van der Waals surface area contributed by atoms with Crippen molar-refractivity contribution in [2.24, 2.45) is 5.41 Å². The highest BCUT2D eigenvalue weighted by Gasteiger charge is 2.23. The van der Waals surface area contributed by atoms with Crippen molar-refractivity contribution in [2.75, 3.05) is 13.1 Å². The van der Waals surface area contributed by atoms with Crippen molar-refractivity contribution in [3.05, 3.63) is 0 Å². The van der Waals surface area contributed by atoms with Crippen LogP contribution < -0.4 is 0 Å². The molecule has 1 atom stereocenters. The first kappa shape index (κ1) is 16.2. The molecule has 0 N–H and O–H groups in total. The van der Waals surface area contributed by atoms with Crippen LogP contribution in [0.1, 0.15) is 65.7 Å². The average Bonchev–Trinajstić information content (AvgIpc) is 2.54. The highest BCUT2D eigenvalue weighted by molar-refractivity contribution is 5.76. The summed E-state index contributed by atoms with van der Waals surface area (Å²) in [4.78, 5) is 13.9. The Balaban J connectivity index is 2.47. The summed E-state index contributed by atoms with van der Waals surface area (Å²) in [7, 11) is 0. The van der Waals surface area contributed by atoms with E-state index < -0.39 is 0 Å². The van der Waals surface area contributed by atoms with E-state index in [-0.39, 0.29) is 5.41 Å². The number of ketones is 1. The number of carbonyl (C=O) groups is 1. The van der Waals surface area contributed by atoms with Crippen molar-refractivity contribution in [1.82, 2.24) is 4.90 Å². The number of nitriles is 1. The molecule has 0 radical (unpaired) electrons. The number of carbonyl (C=O) groups excluding carboxylic acids is 1. The van der Waals surface area contributed by atoms with Crippen molar-refractivity contribution < 1.29 is 4.79 Å². The van der Waals surface area contributed by atoms with Crippen LogP contribution in [0.4, 0.5) is 0 Å². The lowest BCUT2D eigenvalue weighted by Gasteiger charge is -2.30. The van der Waals surface area contributed by atoms with Crippen LogP contribution >= 0.6 is 0 Å². The molecule has 0 aromatic carbocycles. The van der Waals surface area contributed by atoms with E-state index in [1.165, 1.54) is 19.3 Å². The third-order valence-corrected chi connectivity index (χ3v) is 4.07. The largest absolute Gasteiger partial charge is 0.300 e. The Morgan fingerprint density at radius 3 is 2.74 bits per heavy atom. The molecule has 0 aromatic heterocycles. The van der Waals surface area contributed by atoms with Gasteiger partial charge in [0.1, 0.15) is 5.78 Å². The molecule has 0 aliphatic carbocycles. The second-order valence-electron chi connectivity index (χ2n) is 6.54. The second kappa shape index (κ2) is 7.65. The number of hydrogen-bond acceptors (Lipinski definition) is 3. The smallest absolute Gasteiger partial charge is 0.131 e. The van der Waals surface area contributed by atoms with Crippen LogP contribution in [0, 0.1) is 16.7 Å². The molecule has 0 aromatic rings. The first-order chi connectivity index (χ1) is 8.94. The predicted molar refractivity (Wildman–Crippen MR) is 77.8 cm³/mol. The Morgan fingerprint density at radius 2 is 2.11 bits per heavy atom. The summed E-state index contributed by atoms with van der Waals surface area (Å²) in [6.07, 6.45) is 7.62. The average molecular weight is 264 g/mol. The van der Waals surface area contributed by atoms with Gasteiger partial charge in [-0.25, -0.2) is 0 Å². The number of likely N-dealkylation sites (tertiary alicyclic amines) is 1. The maximum absolute atomic E-state index is 11.4. The summed E-state index contributed by atoms with van der Waals surface area (Å²) >= 11 is 0. The third-order valence-electron chi connectivity index (χ3n) is 4.07.